The summed E-state index contributed by atoms with van der Waals surface area (Å²) in [7, 11) is 0. The zero-order valence-electron chi connectivity index (χ0n) is 11.0. The predicted molar refractivity (Wildman–Crippen MR) is 79.9 cm³/mol. The summed E-state index contributed by atoms with van der Waals surface area (Å²) in [6.07, 6.45) is 1.79. The molecule has 0 aliphatic rings. The van der Waals surface area contributed by atoms with Gasteiger partial charge in [-0.1, -0.05) is 46.3 Å². The molecule has 0 N–H and O–H groups in total. The lowest BCUT2D eigenvalue weighted by Crippen LogP contribution is -1.96. The first kappa shape index (κ1) is 13.1. The predicted octanol–water partition coefficient (Wildman–Crippen LogP) is 4.01. The van der Waals surface area contributed by atoms with Gasteiger partial charge in [0.05, 0.1) is 5.69 Å². The molecule has 0 spiro atoms. The molecule has 0 amide bonds. The molecular weight excluding hydrogens is 320 g/mol. The summed E-state index contributed by atoms with van der Waals surface area (Å²) in [6, 6.07) is 9.96. The Morgan fingerprint density at radius 2 is 2.05 bits per heavy atom. The Morgan fingerprint density at radius 1 is 1.25 bits per heavy atom. The zero-order valence-corrected chi connectivity index (χ0v) is 12.6. The summed E-state index contributed by atoms with van der Waals surface area (Å²) in [5.41, 5.74) is 3.64. The minimum atomic E-state index is 0.459. The molecule has 2 heterocycles. The van der Waals surface area contributed by atoms with Gasteiger partial charge in [-0.25, -0.2) is 0 Å². The van der Waals surface area contributed by atoms with Gasteiger partial charge in [-0.15, -0.1) is 0 Å². The number of aryl methyl sites for hydroxylation is 1. The van der Waals surface area contributed by atoms with Gasteiger partial charge in [0.1, 0.15) is 12.0 Å². The fraction of sp³-hybridized carbons (Fsp3) is 0.200. The van der Waals surface area contributed by atoms with Crippen molar-refractivity contribution in [3.63, 3.8) is 0 Å². The SMILES string of the molecule is Cc1ncc(CBr)c2onc(OCc3ccccc3)c12. The largest absolute Gasteiger partial charge is 0.470 e. The monoisotopic (exact) mass is 332 g/mol. The van der Waals surface area contributed by atoms with E-state index in [2.05, 4.69) is 26.1 Å². The lowest BCUT2D eigenvalue weighted by Gasteiger charge is -2.04. The summed E-state index contributed by atoms with van der Waals surface area (Å²) < 4.78 is 11.2. The second-order valence-electron chi connectivity index (χ2n) is 4.47. The Hall–Kier alpha value is -1.88. The summed E-state index contributed by atoms with van der Waals surface area (Å²) in [5.74, 6) is 0.497. The molecule has 5 heteroatoms. The van der Waals surface area contributed by atoms with Gasteiger partial charge < -0.3 is 9.26 Å². The molecule has 20 heavy (non-hydrogen) atoms. The van der Waals surface area contributed by atoms with Crippen LogP contribution in [0.3, 0.4) is 0 Å². The number of rotatable bonds is 4. The van der Waals surface area contributed by atoms with Gasteiger partial charge in [0, 0.05) is 17.1 Å². The average Bonchev–Trinajstić information content (AvgIpc) is 2.92. The number of alkyl halides is 1. The normalized spacial score (nSPS) is 10.9. The van der Waals surface area contributed by atoms with E-state index in [0.717, 1.165) is 27.8 Å². The van der Waals surface area contributed by atoms with Crippen molar-refractivity contribution >= 4 is 26.9 Å². The van der Waals surface area contributed by atoms with Crippen LogP contribution in [-0.2, 0) is 11.9 Å². The molecule has 0 atom stereocenters. The molecule has 1 aromatic carbocycles. The Kier molecular flexibility index (Phi) is 3.69. The number of benzene rings is 1. The molecule has 2 aromatic heterocycles. The van der Waals surface area contributed by atoms with Crippen LogP contribution in [0.4, 0.5) is 0 Å². The summed E-state index contributed by atoms with van der Waals surface area (Å²) in [5, 5.41) is 5.54. The molecule has 0 fully saturated rings. The van der Waals surface area contributed by atoms with Gasteiger partial charge in [-0.05, 0) is 17.6 Å². The third-order valence-electron chi connectivity index (χ3n) is 3.09. The van der Waals surface area contributed by atoms with E-state index in [9.17, 15) is 0 Å². The van der Waals surface area contributed by atoms with E-state index < -0.39 is 0 Å². The zero-order chi connectivity index (χ0) is 13.9. The first-order valence-electron chi connectivity index (χ1n) is 6.26. The molecular formula is C15H13BrN2O2. The number of nitrogens with zero attached hydrogens (tertiary/aromatic N) is 2. The van der Waals surface area contributed by atoms with Crippen LogP contribution in [0.1, 0.15) is 16.8 Å². The Balaban J connectivity index is 1.92. The molecule has 3 rings (SSSR count). The Morgan fingerprint density at radius 3 is 2.80 bits per heavy atom. The fourth-order valence-corrected chi connectivity index (χ4v) is 2.43. The summed E-state index contributed by atoms with van der Waals surface area (Å²) in [4.78, 5) is 4.36. The van der Waals surface area contributed by atoms with Crippen molar-refractivity contribution in [1.29, 1.82) is 0 Å². The van der Waals surface area contributed by atoms with Gasteiger partial charge in [0.25, 0.3) is 5.88 Å². The van der Waals surface area contributed by atoms with Crippen LogP contribution >= 0.6 is 15.9 Å². The lowest BCUT2D eigenvalue weighted by atomic mass is 10.2. The minimum Gasteiger partial charge on any atom is -0.470 e. The van der Waals surface area contributed by atoms with E-state index >= 15 is 0 Å². The van der Waals surface area contributed by atoms with Crippen LogP contribution in [-0.4, -0.2) is 10.1 Å². The van der Waals surface area contributed by atoms with Crippen molar-refractivity contribution in [1.82, 2.24) is 10.1 Å². The molecule has 0 saturated heterocycles. The number of ether oxygens (including phenoxy) is 1. The fourth-order valence-electron chi connectivity index (χ4n) is 2.03. The summed E-state index contributed by atoms with van der Waals surface area (Å²) in [6.45, 7) is 2.38. The van der Waals surface area contributed by atoms with Crippen molar-refractivity contribution in [2.75, 3.05) is 0 Å². The number of halogens is 1. The van der Waals surface area contributed by atoms with Crippen molar-refractivity contribution in [3.8, 4) is 5.88 Å². The Bertz CT molecular complexity index is 725. The van der Waals surface area contributed by atoms with Crippen LogP contribution in [0.15, 0.2) is 41.1 Å². The molecule has 3 aromatic rings. The second kappa shape index (κ2) is 5.63. The van der Waals surface area contributed by atoms with E-state index in [1.807, 2.05) is 37.3 Å². The second-order valence-corrected chi connectivity index (χ2v) is 5.03. The molecule has 0 aliphatic carbocycles. The number of aromatic nitrogens is 2. The first-order chi connectivity index (χ1) is 9.79. The lowest BCUT2D eigenvalue weighted by molar-refractivity contribution is 0.274. The maximum atomic E-state index is 5.77. The first-order valence-corrected chi connectivity index (χ1v) is 7.38. The molecule has 0 saturated carbocycles. The maximum Gasteiger partial charge on any atom is 0.264 e. The summed E-state index contributed by atoms with van der Waals surface area (Å²) >= 11 is 3.42. The topological polar surface area (TPSA) is 48.2 Å². The Labute approximate surface area is 124 Å². The maximum absolute atomic E-state index is 5.77. The van der Waals surface area contributed by atoms with Crippen LogP contribution in [0.5, 0.6) is 5.88 Å². The number of hydrogen-bond donors (Lipinski definition) is 0. The minimum absolute atomic E-state index is 0.459. The van der Waals surface area contributed by atoms with E-state index in [1.165, 1.54) is 0 Å². The molecule has 0 unspecified atom stereocenters. The van der Waals surface area contributed by atoms with Crippen molar-refractivity contribution in [2.45, 2.75) is 18.9 Å². The van der Waals surface area contributed by atoms with Crippen molar-refractivity contribution in [3.05, 3.63) is 53.3 Å². The number of pyridine rings is 1. The highest BCUT2D eigenvalue weighted by molar-refractivity contribution is 9.08. The van der Waals surface area contributed by atoms with E-state index in [-0.39, 0.29) is 0 Å². The smallest absolute Gasteiger partial charge is 0.264 e. The van der Waals surface area contributed by atoms with E-state index in [0.29, 0.717) is 17.8 Å². The van der Waals surface area contributed by atoms with Crippen LogP contribution in [0.25, 0.3) is 11.0 Å². The van der Waals surface area contributed by atoms with Gasteiger partial charge in [0.2, 0.25) is 0 Å². The van der Waals surface area contributed by atoms with Crippen LogP contribution < -0.4 is 4.74 Å². The molecule has 0 aliphatic heterocycles. The van der Waals surface area contributed by atoms with E-state index in [1.54, 1.807) is 6.20 Å². The third kappa shape index (κ3) is 2.41. The molecule has 4 nitrogen and oxygen atoms in total. The highest BCUT2D eigenvalue weighted by Crippen LogP contribution is 2.30. The van der Waals surface area contributed by atoms with E-state index in [4.69, 9.17) is 9.26 Å². The molecule has 0 bridgehead atoms. The van der Waals surface area contributed by atoms with Crippen LogP contribution in [0, 0.1) is 6.92 Å². The quantitative estimate of drug-likeness (QED) is 0.677. The third-order valence-corrected chi connectivity index (χ3v) is 3.69. The number of hydrogen-bond acceptors (Lipinski definition) is 4. The van der Waals surface area contributed by atoms with Gasteiger partial charge >= 0.3 is 0 Å². The molecule has 0 radical (unpaired) electrons. The highest BCUT2D eigenvalue weighted by atomic mass is 79.9. The van der Waals surface area contributed by atoms with Gasteiger partial charge in [-0.2, -0.15) is 0 Å². The van der Waals surface area contributed by atoms with Crippen molar-refractivity contribution < 1.29 is 9.26 Å². The standard InChI is InChI=1S/C15H13BrN2O2/c1-10-13-14(12(7-16)8-17-10)20-18-15(13)19-9-11-5-3-2-4-6-11/h2-6,8H,7,9H2,1H3. The highest BCUT2D eigenvalue weighted by Gasteiger charge is 2.16. The van der Waals surface area contributed by atoms with Gasteiger partial charge in [-0.3, -0.25) is 4.98 Å². The van der Waals surface area contributed by atoms with Gasteiger partial charge in [0.15, 0.2) is 5.58 Å². The average molecular weight is 333 g/mol. The number of fused-ring (bicyclic) bond motifs is 1. The van der Waals surface area contributed by atoms with Crippen molar-refractivity contribution in [2.24, 2.45) is 0 Å². The van der Waals surface area contributed by atoms with Crippen LogP contribution in [0.2, 0.25) is 0 Å². The molecule has 102 valence electrons.